The van der Waals surface area contributed by atoms with Gasteiger partial charge >= 0.3 is 11.9 Å². The third-order valence-electron chi connectivity index (χ3n) is 6.65. The molecule has 0 fully saturated rings. The van der Waals surface area contributed by atoms with Gasteiger partial charge in [0.15, 0.2) is 16.3 Å². The molecule has 4 rings (SSSR count). The molecule has 0 amide bonds. The SMILES string of the molecule is C=CCOC(=O)C1=C(C)N=c2s/c(=C\c3ccc(N(CC)CC)cc3)c(=O)n2C1c1ccc(OC(C)=O)c(OC)c1. The number of methoxy groups -OCH3 is 1. The van der Waals surface area contributed by atoms with E-state index in [2.05, 4.69) is 30.3 Å². The maximum absolute atomic E-state index is 13.9. The Labute approximate surface area is 242 Å². The Bertz CT molecular complexity index is 1680. The normalized spacial score (nSPS) is 14.7. The van der Waals surface area contributed by atoms with Crippen LogP contribution in [0.15, 0.2) is 76.2 Å². The van der Waals surface area contributed by atoms with Gasteiger partial charge in [-0.1, -0.05) is 42.2 Å². The number of hydrogen-bond donors (Lipinski definition) is 0. The number of aromatic nitrogens is 1. The van der Waals surface area contributed by atoms with E-state index in [9.17, 15) is 14.4 Å². The third kappa shape index (κ3) is 6.17. The fraction of sp³-hybridized carbons (Fsp3) is 0.290. The molecule has 1 unspecified atom stereocenters. The lowest BCUT2D eigenvalue weighted by Crippen LogP contribution is -2.40. The first-order valence-electron chi connectivity index (χ1n) is 13.2. The van der Waals surface area contributed by atoms with Crippen molar-refractivity contribution in [2.45, 2.75) is 33.7 Å². The average molecular weight is 576 g/mol. The van der Waals surface area contributed by atoms with Gasteiger partial charge in [-0.15, -0.1) is 0 Å². The van der Waals surface area contributed by atoms with Crippen LogP contribution in [0.3, 0.4) is 0 Å². The zero-order chi connectivity index (χ0) is 29.7. The van der Waals surface area contributed by atoms with Crippen molar-refractivity contribution in [3.63, 3.8) is 0 Å². The minimum absolute atomic E-state index is 0.00491. The van der Waals surface area contributed by atoms with Crippen molar-refractivity contribution in [3.8, 4) is 11.5 Å². The number of carbonyl (C=O) groups is 2. The second-order valence-corrected chi connectivity index (χ2v) is 10.2. The summed E-state index contributed by atoms with van der Waals surface area (Å²) in [4.78, 5) is 46.1. The predicted octanol–water partition coefficient (Wildman–Crippen LogP) is 3.74. The van der Waals surface area contributed by atoms with E-state index in [-0.39, 0.29) is 29.2 Å². The monoisotopic (exact) mass is 575 g/mol. The first-order valence-corrected chi connectivity index (χ1v) is 14.1. The van der Waals surface area contributed by atoms with Gasteiger partial charge in [-0.3, -0.25) is 14.2 Å². The number of anilines is 1. The van der Waals surface area contributed by atoms with E-state index in [0.717, 1.165) is 24.3 Å². The second kappa shape index (κ2) is 12.8. The van der Waals surface area contributed by atoms with E-state index in [1.165, 1.54) is 36.0 Å². The van der Waals surface area contributed by atoms with E-state index < -0.39 is 18.0 Å². The van der Waals surface area contributed by atoms with Crippen molar-refractivity contribution in [2.75, 3.05) is 31.7 Å². The van der Waals surface area contributed by atoms with Crippen LogP contribution in [0.4, 0.5) is 5.69 Å². The summed E-state index contributed by atoms with van der Waals surface area (Å²) < 4.78 is 18.1. The molecule has 0 radical (unpaired) electrons. The highest BCUT2D eigenvalue weighted by atomic mass is 32.1. The van der Waals surface area contributed by atoms with Crippen LogP contribution >= 0.6 is 11.3 Å². The van der Waals surface area contributed by atoms with Crippen LogP contribution in [0.25, 0.3) is 6.08 Å². The molecule has 0 N–H and O–H groups in total. The number of benzene rings is 2. The predicted molar refractivity (Wildman–Crippen MR) is 159 cm³/mol. The maximum Gasteiger partial charge on any atom is 0.338 e. The molecule has 0 bridgehead atoms. The van der Waals surface area contributed by atoms with E-state index >= 15 is 0 Å². The Hall–Kier alpha value is -4.44. The van der Waals surface area contributed by atoms with Crippen LogP contribution in [-0.4, -0.2) is 43.3 Å². The summed E-state index contributed by atoms with van der Waals surface area (Å²) in [6, 6.07) is 12.1. The zero-order valence-corrected chi connectivity index (χ0v) is 24.6. The van der Waals surface area contributed by atoms with E-state index in [4.69, 9.17) is 14.2 Å². The fourth-order valence-corrected chi connectivity index (χ4v) is 5.77. The number of carbonyl (C=O) groups excluding carboxylic acids is 2. The molecule has 0 spiro atoms. The summed E-state index contributed by atoms with van der Waals surface area (Å²) in [5.41, 5.74) is 2.90. The van der Waals surface area contributed by atoms with Gasteiger partial charge in [0.2, 0.25) is 0 Å². The second-order valence-electron chi connectivity index (χ2n) is 9.24. The standard InChI is InChI=1S/C31H33N3O6S/c1-7-16-39-30(37)27-19(4)32-31-34(28(27)22-12-15-24(40-20(5)35)25(18-22)38-6)29(36)26(41-31)17-21-10-13-23(14-11-21)33(8-2)9-3/h7,10-15,17-18,28H,1,8-9,16H2,2-6H3/b26-17-. The summed E-state index contributed by atoms with van der Waals surface area (Å²) >= 11 is 1.25. The van der Waals surface area contributed by atoms with Crippen LogP contribution < -0.4 is 29.3 Å². The van der Waals surface area contributed by atoms with Gasteiger partial charge in [0, 0.05) is 25.7 Å². The molecule has 2 aromatic carbocycles. The highest BCUT2D eigenvalue weighted by molar-refractivity contribution is 7.07. The molecule has 214 valence electrons. The number of ether oxygens (including phenoxy) is 3. The van der Waals surface area contributed by atoms with Crippen molar-refractivity contribution < 1.29 is 23.8 Å². The van der Waals surface area contributed by atoms with E-state index in [0.29, 0.717) is 20.6 Å². The molecular formula is C31H33N3O6S. The van der Waals surface area contributed by atoms with Crippen LogP contribution in [0, 0.1) is 0 Å². The molecule has 1 aliphatic heterocycles. The van der Waals surface area contributed by atoms with Crippen molar-refractivity contribution in [2.24, 2.45) is 4.99 Å². The fourth-order valence-electron chi connectivity index (χ4n) is 4.73. The van der Waals surface area contributed by atoms with Gasteiger partial charge in [-0.25, -0.2) is 9.79 Å². The first kappa shape index (κ1) is 29.5. The van der Waals surface area contributed by atoms with Crippen LogP contribution in [0.5, 0.6) is 11.5 Å². The molecule has 9 nitrogen and oxygen atoms in total. The Kier molecular flexibility index (Phi) is 9.24. The smallest absolute Gasteiger partial charge is 0.338 e. The van der Waals surface area contributed by atoms with Crippen molar-refractivity contribution in [1.29, 1.82) is 0 Å². The number of hydrogen-bond acceptors (Lipinski definition) is 9. The minimum Gasteiger partial charge on any atom is -0.493 e. The quantitative estimate of drug-likeness (QED) is 0.206. The molecule has 41 heavy (non-hydrogen) atoms. The average Bonchev–Trinajstić information content (AvgIpc) is 3.26. The Morgan fingerprint density at radius 3 is 2.44 bits per heavy atom. The summed E-state index contributed by atoms with van der Waals surface area (Å²) in [5, 5.41) is 0. The summed E-state index contributed by atoms with van der Waals surface area (Å²) in [6.07, 6.45) is 3.30. The Balaban J connectivity index is 1.87. The summed E-state index contributed by atoms with van der Waals surface area (Å²) in [7, 11) is 1.45. The number of rotatable bonds is 10. The third-order valence-corrected chi connectivity index (χ3v) is 7.63. The Morgan fingerprint density at radius 1 is 1.12 bits per heavy atom. The minimum atomic E-state index is -0.851. The largest absolute Gasteiger partial charge is 0.493 e. The lowest BCUT2D eigenvalue weighted by Gasteiger charge is -2.25. The molecule has 3 aromatic rings. The number of nitrogens with zero attached hydrogens (tertiary/aromatic N) is 3. The van der Waals surface area contributed by atoms with Gasteiger partial charge in [-0.2, -0.15) is 0 Å². The summed E-state index contributed by atoms with van der Waals surface area (Å²) in [5.74, 6) is -0.610. The Morgan fingerprint density at radius 2 is 1.83 bits per heavy atom. The lowest BCUT2D eigenvalue weighted by atomic mass is 9.95. The molecule has 0 aliphatic carbocycles. The van der Waals surface area contributed by atoms with Gasteiger partial charge in [-0.05, 0) is 62.2 Å². The maximum atomic E-state index is 13.9. The van der Waals surface area contributed by atoms with E-state index in [1.54, 1.807) is 25.1 Å². The van der Waals surface area contributed by atoms with Crippen LogP contribution in [0.2, 0.25) is 0 Å². The molecule has 0 saturated heterocycles. The van der Waals surface area contributed by atoms with Gasteiger partial charge in [0.25, 0.3) is 5.56 Å². The number of esters is 2. The lowest BCUT2D eigenvalue weighted by molar-refractivity contribution is -0.138. The van der Waals surface area contributed by atoms with Crippen LogP contribution in [0.1, 0.15) is 44.9 Å². The van der Waals surface area contributed by atoms with Crippen LogP contribution in [-0.2, 0) is 14.3 Å². The molecule has 1 aromatic heterocycles. The molecule has 1 atom stereocenters. The van der Waals surface area contributed by atoms with Gasteiger partial charge < -0.3 is 19.1 Å². The summed E-state index contributed by atoms with van der Waals surface area (Å²) in [6.45, 7) is 12.6. The van der Waals surface area contributed by atoms with Crippen molar-refractivity contribution >= 4 is 35.0 Å². The molecule has 0 saturated carbocycles. The molecule has 10 heteroatoms. The molecule has 1 aliphatic rings. The highest BCUT2D eigenvalue weighted by Crippen LogP contribution is 2.36. The molecular weight excluding hydrogens is 542 g/mol. The zero-order valence-electron chi connectivity index (χ0n) is 23.8. The number of fused-ring (bicyclic) bond motifs is 1. The first-order chi connectivity index (χ1) is 19.7. The van der Waals surface area contributed by atoms with Crippen molar-refractivity contribution in [1.82, 2.24) is 4.57 Å². The topological polar surface area (TPSA) is 99.4 Å². The highest BCUT2D eigenvalue weighted by Gasteiger charge is 2.34. The van der Waals surface area contributed by atoms with Gasteiger partial charge in [0.05, 0.1) is 29.0 Å². The number of allylic oxidation sites excluding steroid dienone is 1. The van der Waals surface area contributed by atoms with Gasteiger partial charge in [0.1, 0.15) is 6.61 Å². The molecule has 2 heterocycles. The number of thiazole rings is 1. The van der Waals surface area contributed by atoms with Crippen molar-refractivity contribution in [3.05, 3.63) is 97.2 Å². The van der Waals surface area contributed by atoms with E-state index in [1.807, 2.05) is 30.3 Å².